The third kappa shape index (κ3) is 4.66. The van der Waals surface area contributed by atoms with Crippen LogP contribution in [0.3, 0.4) is 0 Å². The molecule has 0 aliphatic rings. The van der Waals surface area contributed by atoms with Gasteiger partial charge in [-0.1, -0.05) is 6.07 Å². The minimum absolute atomic E-state index is 0.180. The number of aromatic nitrogens is 1. The van der Waals surface area contributed by atoms with Gasteiger partial charge in [0.1, 0.15) is 11.3 Å². The molecule has 0 spiro atoms. The van der Waals surface area contributed by atoms with Crippen molar-refractivity contribution in [3.05, 3.63) is 75.8 Å². The van der Waals surface area contributed by atoms with Gasteiger partial charge in [0.2, 0.25) is 5.89 Å². The average molecular weight is 510 g/mol. The topological polar surface area (TPSA) is 76.4 Å². The number of fused-ring (bicyclic) bond motifs is 1. The zero-order valence-corrected chi connectivity index (χ0v) is 20.1. The molecular formula is C24H20BrN3O3S. The molecule has 162 valence electrons. The number of oxazole rings is 1. The Morgan fingerprint density at radius 3 is 2.59 bits per heavy atom. The summed E-state index contributed by atoms with van der Waals surface area (Å²) in [6.07, 6.45) is 0. The largest absolute Gasteiger partial charge is 0.496 e. The molecule has 3 aromatic carbocycles. The first-order valence-corrected chi connectivity index (χ1v) is 11.0. The molecule has 0 aliphatic carbocycles. The molecule has 0 saturated carbocycles. The smallest absolute Gasteiger partial charge is 0.257 e. The Morgan fingerprint density at radius 1 is 1.06 bits per heavy atom. The SMILES string of the molecule is COc1ccc(C(=O)NC(=S)Nc2ccc3oc(-c4ccc(C)c(C)c4)nc3c2)cc1Br. The lowest BCUT2D eigenvalue weighted by Crippen LogP contribution is -2.34. The number of thiocarbonyl (C=S) groups is 1. The van der Waals surface area contributed by atoms with Crippen LogP contribution in [-0.4, -0.2) is 23.1 Å². The molecule has 0 radical (unpaired) electrons. The highest BCUT2D eigenvalue weighted by atomic mass is 79.9. The van der Waals surface area contributed by atoms with Crippen LogP contribution >= 0.6 is 28.1 Å². The fourth-order valence-electron chi connectivity index (χ4n) is 3.15. The maximum absolute atomic E-state index is 12.5. The molecule has 4 rings (SSSR count). The molecule has 32 heavy (non-hydrogen) atoms. The number of benzene rings is 3. The van der Waals surface area contributed by atoms with Crippen molar-refractivity contribution in [2.75, 3.05) is 12.4 Å². The van der Waals surface area contributed by atoms with Crippen molar-refractivity contribution >= 4 is 56.0 Å². The maximum Gasteiger partial charge on any atom is 0.257 e. The molecule has 0 fully saturated rings. The number of methoxy groups -OCH3 is 1. The quantitative estimate of drug-likeness (QED) is 0.328. The van der Waals surface area contributed by atoms with E-state index in [9.17, 15) is 4.79 Å². The van der Waals surface area contributed by atoms with Gasteiger partial charge in [-0.25, -0.2) is 4.98 Å². The third-order valence-corrected chi connectivity index (χ3v) is 5.86. The first-order chi connectivity index (χ1) is 15.3. The Morgan fingerprint density at radius 2 is 1.88 bits per heavy atom. The van der Waals surface area contributed by atoms with Gasteiger partial charge in [-0.2, -0.15) is 0 Å². The van der Waals surface area contributed by atoms with Crippen molar-refractivity contribution < 1.29 is 13.9 Å². The highest BCUT2D eigenvalue weighted by Crippen LogP contribution is 2.28. The van der Waals surface area contributed by atoms with Crippen molar-refractivity contribution in [3.8, 4) is 17.2 Å². The summed E-state index contributed by atoms with van der Waals surface area (Å²) in [6, 6.07) is 16.6. The van der Waals surface area contributed by atoms with E-state index in [0.717, 1.165) is 5.56 Å². The average Bonchev–Trinajstić information content (AvgIpc) is 3.19. The molecule has 6 nitrogen and oxygen atoms in total. The summed E-state index contributed by atoms with van der Waals surface area (Å²) < 4.78 is 11.8. The van der Waals surface area contributed by atoms with Crippen LogP contribution < -0.4 is 15.4 Å². The van der Waals surface area contributed by atoms with Gasteiger partial charge in [-0.3, -0.25) is 10.1 Å². The maximum atomic E-state index is 12.5. The molecule has 8 heteroatoms. The lowest BCUT2D eigenvalue weighted by molar-refractivity contribution is 0.0977. The second-order valence-corrected chi connectivity index (χ2v) is 8.52. The number of rotatable bonds is 4. The zero-order valence-electron chi connectivity index (χ0n) is 17.7. The first-order valence-electron chi connectivity index (χ1n) is 9.78. The number of hydrogen-bond acceptors (Lipinski definition) is 5. The van der Waals surface area contributed by atoms with E-state index in [0.29, 0.717) is 38.5 Å². The van der Waals surface area contributed by atoms with E-state index < -0.39 is 0 Å². The van der Waals surface area contributed by atoms with Gasteiger partial charge in [0.05, 0.1) is 11.6 Å². The number of hydrogen-bond donors (Lipinski definition) is 2. The van der Waals surface area contributed by atoms with Crippen LogP contribution in [0, 0.1) is 13.8 Å². The van der Waals surface area contributed by atoms with Crippen molar-refractivity contribution in [2.45, 2.75) is 13.8 Å². The van der Waals surface area contributed by atoms with Crippen LogP contribution in [0.15, 0.2) is 63.5 Å². The number of nitrogens with zero attached hydrogens (tertiary/aromatic N) is 1. The molecule has 0 bridgehead atoms. The van der Waals surface area contributed by atoms with E-state index in [1.54, 1.807) is 25.3 Å². The molecule has 0 unspecified atom stereocenters. The Kier molecular flexibility index (Phi) is 6.25. The van der Waals surface area contributed by atoms with Gasteiger partial charge in [0.25, 0.3) is 5.91 Å². The van der Waals surface area contributed by atoms with Crippen molar-refractivity contribution in [3.63, 3.8) is 0 Å². The molecule has 0 atom stereocenters. The number of carbonyl (C=O) groups excluding carboxylic acids is 1. The fourth-order valence-corrected chi connectivity index (χ4v) is 3.90. The monoisotopic (exact) mass is 509 g/mol. The van der Waals surface area contributed by atoms with Gasteiger partial charge < -0.3 is 14.5 Å². The lowest BCUT2D eigenvalue weighted by Gasteiger charge is -2.10. The highest BCUT2D eigenvalue weighted by molar-refractivity contribution is 9.10. The fraction of sp³-hybridized carbons (Fsp3) is 0.125. The number of ether oxygens (including phenoxy) is 1. The minimum Gasteiger partial charge on any atom is -0.496 e. The van der Waals surface area contributed by atoms with Crippen LogP contribution in [0.4, 0.5) is 5.69 Å². The van der Waals surface area contributed by atoms with E-state index in [1.807, 2.05) is 24.3 Å². The van der Waals surface area contributed by atoms with E-state index in [2.05, 4.69) is 57.5 Å². The summed E-state index contributed by atoms with van der Waals surface area (Å²) in [5.41, 5.74) is 5.82. The number of amides is 1. The predicted molar refractivity (Wildman–Crippen MR) is 133 cm³/mol. The molecule has 2 N–H and O–H groups in total. The summed E-state index contributed by atoms with van der Waals surface area (Å²) in [5, 5.41) is 5.87. The molecule has 1 heterocycles. The van der Waals surface area contributed by atoms with Crippen molar-refractivity contribution in [1.29, 1.82) is 0 Å². The third-order valence-electron chi connectivity index (χ3n) is 5.04. The zero-order chi connectivity index (χ0) is 22.8. The highest BCUT2D eigenvalue weighted by Gasteiger charge is 2.13. The summed E-state index contributed by atoms with van der Waals surface area (Å²) >= 11 is 8.68. The van der Waals surface area contributed by atoms with Crippen LogP contribution in [0.25, 0.3) is 22.6 Å². The molecule has 4 aromatic rings. The molecule has 0 aliphatic heterocycles. The van der Waals surface area contributed by atoms with Crippen LogP contribution in [0.2, 0.25) is 0 Å². The van der Waals surface area contributed by atoms with E-state index >= 15 is 0 Å². The van der Waals surface area contributed by atoms with E-state index in [1.165, 1.54) is 11.1 Å². The van der Waals surface area contributed by atoms with Gasteiger partial charge in [-0.15, -0.1) is 0 Å². The predicted octanol–water partition coefficient (Wildman–Crippen LogP) is 6.01. The van der Waals surface area contributed by atoms with E-state index in [4.69, 9.17) is 21.4 Å². The summed E-state index contributed by atoms with van der Waals surface area (Å²) in [4.78, 5) is 17.1. The van der Waals surface area contributed by atoms with Crippen LogP contribution in [-0.2, 0) is 0 Å². The number of anilines is 1. The molecule has 0 saturated heterocycles. The molecule has 1 aromatic heterocycles. The second kappa shape index (κ2) is 9.10. The van der Waals surface area contributed by atoms with Gasteiger partial charge >= 0.3 is 0 Å². The molecular weight excluding hydrogens is 490 g/mol. The van der Waals surface area contributed by atoms with Crippen LogP contribution in [0.5, 0.6) is 5.75 Å². The van der Waals surface area contributed by atoms with Crippen molar-refractivity contribution in [2.24, 2.45) is 0 Å². The number of halogens is 1. The Hall–Kier alpha value is -3.23. The number of aryl methyl sites for hydroxylation is 2. The Balaban J connectivity index is 1.47. The van der Waals surface area contributed by atoms with Gasteiger partial charge in [0.15, 0.2) is 10.7 Å². The standard InChI is InChI=1S/C24H20BrN3O3S/c1-13-4-5-16(10-14(13)2)23-27-19-12-17(7-9-21(19)31-23)26-24(32)28-22(29)15-6-8-20(30-3)18(25)11-15/h4-12H,1-3H3,(H2,26,28,29,32). The van der Waals surface area contributed by atoms with Gasteiger partial charge in [0, 0.05) is 16.8 Å². The lowest BCUT2D eigenvalue weighted by atomic mass is 10.1. The van der Waals surface area contributed by atoms with E-state index in [-0.39, 0.29) is 11.0 Å². The van der Waals surface area contributed by atoms with Gasteiger partial charge in [-0.05, 0) is 102 Å². The number of carbonyl (C=O) groups is 1. The Labute approximate surface area is 199 Å². The first kappa shape index (κ1) is 22.0. The number of nitrogens with one attached hydrogen (secondary N) is 2. The minimum atomic E-state index is -0.328. The van der Waals surface area contributed by atoms with Crippen molar-refractivity contribution in [1.82, 2.24) is 10.3 Å². The Bertz CT molecular complexity index is 1350. The summed E-state index contributed by atoms with van der Waals surface area (Å²) in [6.45, 7) is 4.13. The molecule has 1 amide bonds. The van der Waals surface area contributed by atoms with Crippen LogP contribution in [0.1, 0.15) is 21.5 Å². The summed E-state index contributed by atoms with van der Waals surface area (Å²) in [7, 11) is 1.56. The normalized spacial score (nSPS) is 10.8. The summed E-state index contributed by atoms with van der Waals surface area (Å²) in [5.74, 6) is 0.870. The second-order valence-electron chi connectivity index (χ2n) is 7.26.